The number of rotatable bonds is 7. The first-order valence-corrected chi connectivity index (χ1v) is 11.0. The Labute approximate surface area is 184 Å². The van der Waals surface area contributed by atoms with E-state index >= 15 is 0 Å². The van der Waals surface area contributed by atoms with Crippen molar-refractivity contribution in [1.29, 1.82) is 0 Å². The van der Waals surface area contributed by atoms with E-state index in [1.165, 1.54) is 42.9 Å². The molecule has 2 unspecified atom stereocenters. The number of benzene rings is 2. The number of alkyl halides is 3. The van der Waals surface area contributed by atoms with Gasteiger partial charge in [0.15, 0.2) is 0 Å². The first-order valence-electron chi connectivity index (χ1n) is 9.43. The van der Waals surface area contributed by atoms with Crippen LogP contribution in [0.5, 0.6) is 0 Å². The van der Waals surface area contributed by atoms with E-state index in [0.717, 1.165) is 12.1 Å². The van der Waals surface area contributed by atoms with Gasteiger partial charge in [0.25, 0.3) is 0 Å². The van der Waals surface area contributed by atoms with Gasteiger partial charge in [0.2, 0.25) is 5.91 Å². The number of carbonyl (C=O) groups is 1. The quantitative estimate of drug-likeness (QED) is 0.451. The number of hydrogen-bond acceptors (Lipinski definition) is 3. The monoisotopic (exact) mass is 468 g/mol. The van der Waals surface area contributed by atoms with Crippen LogP contribution in [-0.2, 0) is 28.5 Å². The second-order valence-corrected chi connectivity index (χ2v) is 8.15. The van der Waals surface area contributed by atoms with E-state index in [1.54, 1.807) is 6.92 Å². The SMILES string of the molecule is CC(C(=O)NCc1ccc(C(F)(F)F)cc1-c1ncc[nH]1)c1ccc(NS(C)=O)c(F)c1. The van der Waals surface area contributed by atoms with Gasteiger partial charge in [0.05, 0.1) is 17.2 Å². The van der Waals surface area contributed by atoms with E-state index in [-0.39, 0.29) is 23.6 Å². The van der Waals surface area contributed by atoms with Crippen molar-refractivity contribution in [3.05, 3.63) is 71.3 Å². The fourth-order valence-electron chi connectivity index (χ4n) is 3.07. The summed E-state index contributed by atoms with van der Waals surface area (Å²) in [5.74, 6) is -1.58. The predicted octanol–water partition coefficient (Wildman–Crippen LogP) is 4.36. The van der Waals surface area contributed by atoms with Gasteiger partial charge in [-0.15, -0.1) is 0 Å². The minimum absolute atomic E-state index is 0.0473. The molecule has 0 bridgehead atoms. The van der Waals surface area contributed by atoms with E-state index in [4.69, 9.17) is 0 Å². The van der Waals surface area contributed by atoms with Crippen LogP contribution in [0, 0.1) is 5.82 Å². The molecule has 170 valence electrons. The fourth-order valence-corrected chi connectivity index (χ4v) is 3.54. The van der Waals surface area contributed by atoms with Gasteiger partial charge in [-0.1, -0.05) is 12.1 Å². The van der Waals surface area contributed by atoms with Crippen LogP contribution in [0.2, 0.25) is 0 Å². The lowest BCUT2D eigenvalue weighted by molar-refractivity contribution is -0.137. The molecule has 0 aliphatic heterocycles. The maximum Gasteiger partial charge on any atom is 0.416 e. The molecular weight excluding hydrogens is 448 g/mol. The Morgan fingerprint density at radius 1 is 1.22 bits per heavy atom. The molecule has 1 heterocycles. The van der Waals surface area contributed by atoms with Crippen molar-refractivity contribution in [2.75, 3.05) is 11.0 Å². The van der Waals surface area contributed by atoms with Crippen molar-refractivity contribution in [2.24, 2.45) is 0 Å². The molecule has 2 aromatic carbocycles. The van der Waals surface area contributed by atoms with Crippen molar-refractivity contribution in [3.8, 4) is 11.4 Å². The third-order valence-corrected chi connectivity index (χ3v) is 5.29. The van der Waals surface area contributed by atoms with Crippen molar-refractivity contribution in [2.45, 2.75) is 25.6 Å². The molecular formula is C21H20F4N4O2S. The van der Waals surface area contributed by atoms with Gasteiger partial charge in [0, 0.05) is 30.8 Å². The molecule has 3 N–H and O–H groups in total. The molecule has 0 fully saturated rings. The summed E-state index contributed by atoms with van der Waals surface area (Å²) in [5, 5.41) is 2.68. The Morgan fingerprint density at radius 2 is 1.97 bits per heavy atom. The van der Waals surface area contributed by atoms with E-state index in [0.29, 0.717) is 11.1 Å². The van der Waals surface area contributed by atoms with Crippen LogP contribution in [-0.4, -0.2) is 26.3 Å². The number of anilines is 1. The standard InChI is InChI=1S/C21H20F4N4O2S/c1-12(13-4-6-18(17(22)9-13)29-32(2)31)20(30)28-11-14-3-5-15(21(23,24)25)10-16(14)19-26-7-8-27-19/h3-10,12,29H,11H2,1-2H3,(H,26,27)(H,28,30). The molecule has 6 nitrogen and oxygen atoms in total. The number of imidazole rings is 1. The van der Waals surface area contributed by atoms with Gasteiger partial charge in [-0.2, -0.15) is 13.2 Å². The van der Waals surface area contributed by atoms with E-state index in [2.05, 4.69) is 20.0 Å². The zero-order chi connectivity index (χ0) is 23.5. The molecule has 0 saturated carbocycles. The zero-order valence-electron chi connectivity index (χ0n) is 17.1. The summed E-state index contributed by atoms with van der Waals surface area (Å²) in [4.78, 5) is 19.4. The number of H-pyrrole nitrogens is 1. The van der Waals surface area contributed by atoms with Gasteiger partial charge in [-0.05, 0) is 42.3 Å². The highest BCUT2D eigenvalue weighted by atomic mass is 32.2. The number of aromatic nitrogens is 2. The summed E-state index contributed by atoms with van der Waals surface area (Å²) in [6.45, 7) is 1.53. The second-order valence-electron chi connectivity index (χ2n) is 7.04. The van der Waals surface area contributed by atoms with Crippen LogP contribution in [0.1, 0.15) is 29.5 Å². The molecule has 0 aliphatic rings. The largest absolute Gasteiger partial charge is 0.416 e. The predicted molar refractivity (Wildman–Crippen MR) is 113 cm³/mol. The average molecular weight is 468 g/mol. The number of nitrogens with one attached hydrogen (secondary N) is 3. The first-order chi connectivity index (χ1) is 15.1. The van der Waals surface area contributed by atoms with Gasteiger partial charge >= 0.3 is 6.18 Å². The third kappa shape index (κ3) is 5.52. The summed E-state index contributed by atoms with van der Waals surface area (Å²) in [5.41, 5.74) is 0.266. The summed E-state index contributed by atoms with van der Waals surface area (Å²) in [6, 6.07) is 7.30. The highest BCUT2D eigenvalue weighted by Gasteiger charge is 2.31. The highest BCUT2D eigenvalue weighted by Crippen LogP contribution is 2.33. The Bertz CT molecular complexity index is 1130. The summed E-state index contributed by atoms with van der Waals surface area (Å²) in [6.07, 6.45) is -0.253. The maximum absolute atomic E-state index is 14.2. The van der Waals surface area contributed by atoms with Gasteiger partial charge in [-0.3, -0.25) is 4.79 Å². The van der Waals surface area contributed by atoms with Crippen molar-refractivity contribution in [1.82, 2.24) is 15.3 Å². The Kier molecular flexibility index (Phi) is 6.97. The second kappa shape index (κ2) is 9.51. The highest BCUT2D eigenvalue weighted by molar-refractivity contribution is 7.85. The summed E-state index contributed by atoms with van der Waals surface area (Å²) < 4.78 is 67.2. The summed E-state index contributed by atoms with van der Waals surface area (Å²) in [7, 11) is -1.45. The molecule has 32 heavy (non-hydrogen) atoms. The van der Waals surface area contributed by atoms with Crippen LogP contribution in [0.25, 0.3) is 11.4 Å². The maximum atomic E-state index is 14.2. The van der Waals surface area contributed by atoms with Gasteiger partial charge in [0.1, 0.15) is 22.6 Å². The Morgan fingerprint density at radius 3 is 2.56 bits per heavy atom. The lowest BCUT2D eigenvalue weighted by Gasteiger charge is -2.16. The van der Waals surface area contributed by atoms with Crippen LogP contribution in [0.15, 0.2) is 48.8 Å². The molecule has 1 aromatic heterocycles. The molecule has 3 aromatic rings. The Balaban J connectivity index is 1.77. The number of carbonyl (C=O) groups excluding carboxylic acids is 1. The minimum atomic E-state index is -4.52. The molecule has 0 saturated heterocycles. The molecule has 0 aliphatic carbocycles. The van der Waals surface area contributed by atoms with E-state index in [9.17, 15) is 26.6 Å². The smallest absolute Gasteiger partial charge is 0.351 e. The van der Waals surface area contributed by atoms with Crippen LogP contribution >= 0.6 is 0 Å². The van der Waals surface area contributed by atoms with Crippen LogP contribution in [0.3, 0.4) is 0 Å². The minimum Gasteiger partial charge on any atom is -0.351 e. The lowest BCUT2D eigenvalue weighted by atomic mass is 9.99. The van der Waals surface area contributed by atoms with E-state index in [1.807, 2.05) is 0 Å². The third-order valence-electron chi connectivity index (χ3n) is 4.78. The molecule has 1 amide bonds. The fraction of sp³-hybridized carbons (Fsp3) is 0.238. The van der Waals surface area contributed by atoms with Gasteiger partial charge < -0.3 is 15.0 Å². The summed E-state index contributed by atoms with van der Waals surface area (Å²) >= 11 is 0. The lowest BCUT2D eigenvalue weighted by Crippen LogP contribution is -2.28. The van der Waals surface area contributed by atoms with E-state index < -0.39 is 40.4 Å². The van der Waals surface area contributed by atoms with Crippen LogP contribution < -0.4 is 10.0 Å². The number of hydrogen-bond donors (Lipinski definition) is 3. The number of nitrogens with zero attached hydrogens (tertiary/aromatic N) is 1. The molecule has 2 atom stereocenters. The number of halogens is 4. The molecule has 0 spiro atoms. The normalized spacial score (nSPS) is 13.4. The molecule has 0 radical (unpaired) electrons. The van der Waals surface area contributed by atoms with Gasteiger partial charge in [-0.25, -0.2) is 13.6 Å². The zero-order valence-corrected chi connectivity index (χ0v) is 17.9. The first kappa shape index (κ1) is 23.5. The Hall–Kier alpha value is -3.21. The average Bonchev–Trinajstić information content (AvgIpc) is 3.26. The number of aromatic amines is 1. The number of amides is 1. The van der Waals surface area contributed by atoms with Crippen LogP contribution in [0.4, 0.5) is 23.2 Å². The molecule has 11 heteroatoms. The van der Waals surface area contributed by atoms with Crippen molar-refractivity contribution < 1.29 is 26.6 Å². The van der Waals surface area contributed by atoms with Crippen molar-refractivity contribution in [3.63, 3.8) is 0 Å². The van der Waals surface area contributed by atoms with Crippen molar-refractivity contribution >= 4 is 22.6 Å². The topological polar surface area (TPSA) is 86.9 Å². The molecule has 3 rings (SSSR count).